The van der Waals surface area contributed by atoms with Gasteiger partial charge in [-0.15, -0.1) is 11.3 Å². The lowest BCUT2D eigenvalue weighted by molar-refractivity contribution is 0.261. The van der Waals surface area contributed by atoms with Gasteiger partial charge in [0.15, 0.2) is 5.96 Å². The Kier molecular flexibility index (Phi) is 8.25. The van der Waals surface area contributed by atoms with Crippen LogP contribution in [0.15, 0.2) is 35.5 Å². The third kappa shape index (κ3) is 6.68. The van der Waals surface area contributed by atoms with E-state index in [4.69, 9.17) is 0 Å². The van der Waals surface area contributed by atoms with E-state index in [1.54, 1.807) is 11.3 Å². The van der Waals surface area contributed by atoms with Gasteiger partial charge in [-0.25, -0.2) is 14.4 Å². The summed E-state index contributed by atoms with van der Waals surface area (Å²) >= 11 is 1.73. The monoisotopic (exact) mass is 418 g/mol. The van der Waals surface area contributed by atoms with Crippen molar-refractivity contribution in [3.63, 3.8) is 0 Å². The highest BCUT2D eigenvalue weighted by molar-refractivity contribution is 7.11. The highest BCUT2D eigenvalue weighted by Crippen LogP contribution is 2.17. The van der Waals surface area contributed by atoms with Crippen molar-refractivity contribution in [2.24, 2.45) is 4.99 Å². The fourth-order valence-corrected chi connectivity index (χ4v) is 4.07. The summed E-state index contributed by atoms with van der Waals surface area (Å²) in [5.74, 6) is 0.656. The highest BCUT2D eigenvalue weighted by atomic mass is 32.1. The zero-order valence-corrected chi connectivity index (χ0v) is 18.1. The van der Waals surface area contributed by atoms with Crippen LogP contribution in [0.2, 0.25) is 0 Å². The Hall–Kier alpha value is -2.19. The van der Waals surface area contributed by atoms with Gasteiger partial charge in [-0.2, -0.15) is 0 Å². The quantitative estimate of drug-likeness (QED) is 0.510. The summed E-state index contributed by atoms with van der Waals surface area (Å²) in [5.41, 5.74) is 1.10. The molecule has 0 atom stereocenters. The first kappa shape index (κ1) is 21.5. The topological polar surface area (TPSA) is 55.8 Å². The number of anilines is 1. The molecule has 0 amide bonds. The standard InChI is InChI=1S/C21H31FN6S/c1-3-19-15-25-20(29-19)16-26-21(23-4-2)24-9-10-27-11-13-28(14-12-27)18-7-5-17(22)6-8-18/h5-8,15H,3-4,9-14,16H2,1-2H3,(H2,23,24,26). The van der Waals surface area contributed by atoms with Gasteiger partial charge in [-0.1, -0.05) is 6.92 Å². The second-order valence-corrected chi connectivity index (χ2v) is 8.20. The molecule has 2 heterocycles. The number of aromatic nitrogens is 1. The summed E-state index contributed by atoms with van der Waals surface area (Å²) in [6.45, 7) is 11.4. The fraction of sp³-hybridized carbons (Fsp3) is 0.524. The number of aliphatic imine (C=N–C) groups is 1. The largest absolute Gasteiger partial charge is 0.369 e. The van der Waals surface area contributed by atoms with Crippen LogP contribution in [0.5, 0.6) is 0 Å². The number of piperazine rings is 1. The molecule has 1 aliphatic rings. The Morgan fingerprint density at radius 1 is 1.14 bits per heavy atom. The van der Waals surface area contributed by atoms with Crippen LogP contribution in [-0.2, 0) is 13.0 Å². The van der Waals surface area contributed by atoms with Crippen molar-refractivity contribution in [2.75, 3.05) is 50.7 Å². The number of nitrogens with one attached hydrogen (secondary N) is 2. The lowest BCUT2D eigenvalue weighted by atomic mass is 10.2. The number of thiazole rings is 1. The van der Waals surface area contributed by atoms with Crippen LogP contribution in [-0.4, -0.2) is 61.7 Å². The van der Waals surface area contributed by atoms with E-state index in [2.05, 4.69) is 44.3 Å². The van der Waals surface area contributed by atoms with Crippen molar-refractivity contribution in [3.05, 3.63) is 46.2 Å². The Balaban J connectivity index is 1.40. The molecule has 0 unspecified atom stereocenters. The molecule has 2 aromatic rings. The van der Waals surface area contributed by atoms with E-state index < -0.39 is 0 Å². The van der Waals surface area contributed by atoms with Crippen LogP contribution in [0.25, 0.3) is 0 Å². The van der Waals surface area contributed by atoms with E-state index in [1.165, 1.54) is 17.0 Å². The maximum atomic E-state index is 13.1. The number of halogens is 1. The summed E-state index contributed by atoms with van der Waals surface area (Å²) in [6.07, 6.45) is 2.97. The number of benzene rings is 1. The second kappa shape index (κ2) is 11.1. The molecule has 1 aromatic carbocycles. The van der Waals surface area contributed by atoms with E-state index in [1.807, 2.05) is 18.3 Å². The normalized spacial score (nSPS) is 15.6. The molecule has 8 heteroatoms. The number of hydrogen-bond acceptors (Lipinski definition) is 5. The Bertz CT molecular complexity index is 768. The minimum absolute atomic E-state index is 0.183. The zero-order chi connectivity index (χ0) is 20.5. The van der Waals surface area contributed by atoms with Gasteiger partial charge in [0.05, 0.1) is 6.54 Å². The second-order valence-electron chi connectivity index (χ2n) is 7.00. The van der Waals surface area contributed by atoms with E-state index in [9.17, 15) is 4.39 Å². The summed E-state index contributed by atoms with van der Waals surface area (Å²) in [5, 5.41) is 7.78. The van der Waals surface area contributed by atoms with Crippen LogP contribution in [0, 0.1) is 5.82 Å². The smallest absolute Gasteiger partial charge is 0.191 e. The van der Waals surface area contributed by atoms with Crippen LogP contribution in [0.1, 0.15) is 23.7 Å². The molecule has 1 aromatic heterocycles. The van der Waals surface area contributed by atoms with Crippen molar-refractivity contribution in [2.45, 2.75) is 26.8 Å². The molecule has 2 N–H and O–H groups in total. The highest BCUT2D eigenvalue weighted by Gasteiger charge is 2.17. The Morgan fingerprint density at radius 3 is 2.55 bits per heavy atom. The van der Waals surface area contributed by atoms with Gasteiger partial charge in [0, 0.05) is 62.6 Å². The first-order valence-electron chi connectivity index (χ1n) is 10.4. The Labute approximate surface area is 176 Å². The summed E-state index contributed by atoms with van der Waals surface area (Å²) in [4.78, 5) is 15.2. The van der Waals surface area contributed by atoms with Crippen LogP contribution < -0.4 is 15.5 Å². The van der Waals surface area contributed by atoms with Crippen LogP contribution >= 0.6 is 11.3 Å². The van der Waals surface area contributed by atoms with E-state index in [-0.39, 0.29) is 5.82 Å². The lowest BCUT2D eigenvalue weighted by Gasteiger charge is -2.36. The van der Waals surface area contributed by atoms with E-state index >= 15 is 0 Å². The van der Waals surface area contributed by atoms with Crippen molar-refractivity contribution in [1.29, 1.82) is 0 Å². The van der Waals surface area contributed by atoms with Gasteiger partial charge in [0.25, 0.3) is 0 Å². The number of rotatable bonds is 8. The molecule has 0 spiro atoms. The van der Waals surface area contributed by atoms with Gasteiger partial charge >= 0.3 is 0 Å². The van der Waals surface area contributed by atoms with Crippen molar-refractivity contribution >= 4 is 23.0 Å². The fourth-order valence-electron chi connectivity index (χ4n) is 3.29. The molecule has 0 aliphatic carbocycles. The molecule has 0 saturated carbocycles. The SMILES string of the molecule is CCNC(=NCc1ncc(CC)s1)NCCN1CCN(c2ccc(F)cc2)CC1. The number of hydrogen-bond donors (Lipinski definition) is 2. The Morgan fingerprint density at radius 2 is 1.90 bits per heavy atom. The molecule has 6 nitrogen and oxygen atoms in total. The zero-order valence-electron chi connectivity index (χ0n) is 17.3. The number of aryl methyl sites for hydroxylation is 1. The van der Waals surface area contributed by atoms with Crippen LogP contribution in [0.4, 0.5) is 10.1 Å². The molecule has 0 radical (unpaired) electrons. The molecule has 29 heavy (non-hydrogen) atoms. The third-order valence-corrected chi connectivity index (χ3v) is 6.08. The van der Waals surface area contributed by atoms with Crippen LogP contribution in [0.3, 0.4) is 0 Å². The van der Waals surface area contributed by atoms with Gasteiger partial charge < -0.3 is 15.5 Å². The van der Waals surface area contributed by atoms with Gasteiger partial charge in [-0.05, 0) is 37.6 Å². The molecule has 3 rings (SSSR count). The lowest BCUT2D eigenvalue weighted by Crippen LogP contribution is -2.49. The molecule has 1 saturated heterocycles. The molecule has 158 valence electrons. The molecular formula is C21H31FN6S. The maximum absolute atomic E-state index is 13.1. The minimum atomic E-state index is -0.183. The summed E-state index contributed by atoms with van der Waals surface area (Å²) < 4.78 is 13.1. The van der Waals surface area contributed by atoms with Gasteiger partial charge in [0.1, 0.15) is 10.8 Å². The van der Waals surface area contributed by atoms with Crippen molar-refractivity contribution in [1.82, 2.24) is 20.5 Å². The predicted octanol–water partition coefficient (Wildman–Crippen LogP) is 2.72. The maximum Gasteiger partial charge on any atom is 0.191 e. The van der Waals surface area contributed by atoms with Crippen molar-refractivity contribution < 1.29 is 4.39 Å². The van der Waals surface area contributed by atoms with Gasteiger partial charge in [-0.3, -0.25) is 4.90 Å². The average Bonchev–Trinajstić information content (AvgIpc) is 3.21. The predicted molar refractivity (Wildman–Crippen MR) is 119 cm³/mol. The summed E-state index contributed by atoms with van der Waals surface area (Å²) in [7, 11) is 0. The average molecular weight is 419 g/mol. The van der Waals surface area contributed by atoms with Crippen molar-refractivity contribution in [3.8, 4) is 0 Å². The summed E-state index contributed by atoms with van der Waals surface area (Å²) in [6, 6.07) is 6.78. The molecule has 1 aliphatic heterocycles. The first-order chi connectivity index (χ1) is 14.2. The van der Waals surface area contributed by atoms with E-state index in [0.29, 0.717) is 6.54 Å². The molecule has 1 fully saturated rings. The number of nitrogens with zero attached hydrogens (tertiary/aromatic N) is 4. The van der Waals surface area contributed by atoms with Gasteiger partial charge in [0.2, 0.25) is 0 Å². The molecular weight excluding hydrogens is 387 g/mol. The minimum Gasteiger partial charge on any atom is -0.369 e. The third-order valence-electron chi connectivity index (χ3n) is 4.95. The molecule has 0 bridgehead atoms. The number of guanidine groups is 1. The first-order valence-corrected chi connectivity index (χ1v) is 11.2. The van der Waals surface area contributed by atoms with E-state index in [0.717, 1.165) is 68.9 Å².